The number of esters is 3. The number of hydrogen-bond acceptors (Lipinski definition) is 8. The molecule has 0 aromatic heterocycles. The zero-order chi connectivity index (χ0) is 19.4. The van der Waals surface area contributed by atoms with Crippen molar-refractivity contribution in [1.82, 2.24) is 7.06 Å². The monoisotopic (exact) mass is 616 g/mol. The van der Waals surface area contributed by atoms with Crippen molar-refractivity contribution in [2.24, 2.45) is 23.7 Å². The fourth-order valence-electron chi connectivity index (χ4n) is 5.79. The van der Waals surface area contributed by atoms with Crippen molar-refractivity contribution in [2.75, 3.05) is 0 Å². The fourth-order valence-corrected chi connectivity index (χ4v) is 13.2. The van der Waals surface area contributed by atoms with Gasteiger partial charge in [-0.2, -0.15) is 0 Å². The summed E-state index contributed by atoms with van der Waals surface area (Å²) in [4.78, 5) is 38.3. The molecule has 8 nitrogen and oxygen atoms in total. The van der Waals surface area contributed by atoms with Crippen molar-refractivity contribution in [3.05, 3.63) is 0 Å². The predicted molar refractivity (Wildman–Crippen MR) is 112 cm³/mol. The Morgan fingerprint density at radius 3 is 2.61 bits per heavy atom. The van der Waals surface area contributed by atoms with Crippen LogP contribution in [0.25, 0.3) is 0 Å². The first-order valence-electron chi connectivity index (χ1n) is 9.86. The standard InChI is InChI=1S/C18H22I2N2O6/c1-17(4-2-3-5-17)28-15(24)10-8-6-7-9(10)14(23)26-11(7)12(8)27-16(25)13(19)18-20(21-18)22-18/h7-13,21-22H,2-6H2,1H3. The molecule has 7 atom stereocenters. The van der Waals surface area contributed by atoms with Gasteiger partial charge in [0.05, 0.1) is 0 Å². The van der Waals surface area contributed by atoms with Gasteiger partial charge in [-0.15, -0.1) is 0 Å². The van der Waals surface area contributed by atoms with Crippen LogP contribution in [0.4, 0.5) is 0 Å². The molecule has 3 aliphatic carbocycles. The Morgan fingerprint density at radius 1 is 1.29 bits per heavy atom. The molecule has 7 unspecified atom stereocenters. The Kier molecular flexibility index (Phi) is 3.93. The van der Waals surface area contributed by atoms with E-state index in [9.17, 15) is 14.4 Å². The molecule has 3 saturated carbocycles. The van der Waals surface area contributed by atoms with Crippen molar-refractivity contribution >= 4 is 60.9 Å². The van der Waals surface area contributed by atoms with E-state index >= 15 is 0 Å². The second-order valence-electron chi connectivity index (χ2n) is 9.04. The molecule has 0 aromatic rings. The summed E-state index contributed by atoms with van der Waals surface area (Å²) in [6.07, 6.45) is 3.57. The Bertz CT molecular complexity index is 780. The van der Waals surface area contributed by atoms with Crippen LogP contribution in [0, 0.1) is 23.7 Å². The molecule has 0 radical (unpaired) electrons. The van der Waals surface area contributed by atoms with Crippen molar-refractivity contribution in [3.8, 4) is 0 Å². The first-order valence-corrected chi connectivity index (χ1v) is 14.3. The minimum absolute atomic E-state index is 0.0449. The van der Waals surface area contributed by atoms with Gasteiger partial charge in [0.1, 0.15) is 0 Å². The zero-order valence-electron chi connectivity index (χ0n) is 15.3. The van der Waals surface area contributed by atoms with Gasteiger partial charge >= 0.3 is 185 Å². The van der Waals surface area contributed by atoms with E-state index < -0.39 is 50.0 Å². The van der Waals surface area contributed by atoms with Crippen LogP contribution >= 0.6 is 43.0 Å². The van der Waals surface area contributed by atoms with E-state index in [-0.39, 0.29) is 37.3 Å². The molecule has 6 aliphatic rings. The maximum absolute atomic E-state index is 13.1. The van der Waals surface area contributed by atoms with Crippen LogP contribution < -0.4 is 7.06 Å². The van der Waals surface area contributed by atoms with Gasteiger partial charge in [0.15, 0.2) is 0 Å². The summed E-state index contributed by atoms with van der Waals surface area (Å²) < 4.78 is 23.6. The fraction of sp³-hybridized carbons (Fsp3) is 0.833. The molecule has 0 amide bonds. The van der Waals surface area contributed by atoms with Gasteiger partial charge in [-0.25, -0.2) is 0 Å². The zero-order valence-corrected chi connectivity index (χ0v) is 19.6. The van der Waals surface area contributed by atoms with Gasteiger partial charge in [0.25, 0.3) is 0 Å². The summed E-state index contributed by atoms with van der Waals surface area (Å²) in [5, 5.41) is 0. The Balaban J connectivity index is 1.21. The van der Waals surface area contributed by atoms with Crippen LogP contribution in [-0.4, -0.2) is 43.3 Å². The number of nitrogens with one attached hydrogen (secondary N) is 2. The number of carbonyl (C=O) groups excluding carboxylic acids is 3. The first kappa shape index (κ1) is 18.6. The van der Waals surface area contributed by atoms with Crippen LogP contribution in [0.1, 0.15) is 39.0 Å². The number of carbonyl (C=O) groups is 3. The predicted octanol–water partition coefficient (Wildman–Crippen LogP) is 1.58. The molecule has 2 bridgehead atoms. The quantitative estimate of drug-likeness (QED) is 0.0909. The Morgan fingerprint density at radius 2 is 1.96 bits per heavy atom. The number of alkyl halides is 2. The topological polar surface area (TPSA) is 123 Å². The van der Waals surface area contributed by atoms with Crippen LogP contribution in [-0.2, 0) is 28.6 Å². The van der Waals surface area contributed by atoms with Gasteiger partial charge in [-0.05, 0) is 0 Å². The maximum atomic E-state index is 13.1. The van der Waals surface area contributed by atoms with E-state index in [1.54, 1.807) is 0 Å². The molecule has 0 aromatic carbocycles. The van der Waals surface area contributed by atoms with Crippen molar-refractivity contribution < 1.29 is 28.6 Å². The van der Waals surface area contributed by atoms with E-state index in [0.29, 0.717) is 6.42 Å². The summed E-state index contributed by atoms with van der Waals surface area (Å²) >= 11 is 0.878. The van der Waals surface area contributed by atoms with Crippen molar-refractivity contribution in [3.63, 3.8) is 0 Å². The van der Waals surface area contributed by atoms with Gasteiger partial charge < -0.3 is 0 Å². The Labute approximate surface area is 183 Å². The van der Waals surface area contributed by atoms with Crippen LogP contribution in [0.3, 0.4) is 0 Å². The van der Waals surface area contributed by atoms with Crippen LogP contribution in [0.2, 0.25) is 0 Å². The molecule has 10 heteroatoms. The normalized spacial score (nSPS) is 44.6. The van der Waals surface area contributed by atoms with E-state index in [2.05, 4.69) is 29.7 Å². The molecule has 2 N–H and O–H groups in total. The average molecular weight is 616 g/mol. The first-order chi connectivity index (χ1) is 13.3. The number of halogens is 2. The molecule has 154 valence electrons. The summed E-state index contributed by atoms with van der Waals surface area (Å²) in [6.45, 7) is 1.98. The van der Waals surface area contributed by atoms with Gasteiger partial charge in [-0.1, -0.05) is 0 Å². The third-order valence-electron chi connectivity index (χ3n) is 7.33. The molecular formula is C18H22I2N2O6. The number of rotatable bonds is 5. The third kappa shape index (κ3) is 2.49. The van der Waals surface area contributed by atoms with Crippen molar-refractivity contribution in [2.45, 2.75) is 64.4 Å². The van der Waals surface area contributed by atoms with Gasteiger partial charge in [0, 0.05) is 0 Å². The molecule has 3 heterocycles. The summed E-state index contributed by atoms with van der Waals surface area (Å²) in [7, 11) is 0. The van der Waals surface area contributed by atoms with E-state index in [4.69, 9.17) is 14.2 Å². The van der Waals surface area contributed by atoms with E-state index in [1.165, 1.54) is 0 Å². The van der Waals surface area contributed by atoms with E-state index in [1.807, 2.05) is 6.92 Å². The van der Waals surface area contributed by atoms with Crippen molar-refractivity contribution in [1.29, 1.82) is 0 Å². The second kappa shape index (κ2) is 5.94. The number of hydrogen-bond donors (Lipinski definition) is 2. The summed E-state index contributed by atoms with van der Waals surface area (Å²) in [6, 6.07) is 0. The number of ether oxygens (including phenoxy) is 3. The third-order valence-corrected chi connectivity index (χ3v) is 14.5. The molecule has 3 saturated heterocycles. The van der Waals surface area contributed by atoms with E-state index in [0.717, 1.165) is 25.7 Å². The molecule has 3 aliphatic heterocycles. The second-order valence-corrected chi connectivity index (χ2v) is 14.7. The Hall–Kier alpha value is -0.210. The SMILES string of the molecule is CC1(OC(=O)C2C3CC4C(OC(=O)C42)C3OC(=O)C(I)C23NI2N3)CCCC1. The number of fused-ring (bicyclic) bond motifs is 2. The minimum atomic E-state index is -1.24. The summed E-state index contributed by atoms with van der Waals surface area (Å²) in [5.74, 6) is -2.17. The molecule has 6 rings (SSSR count). The molecule has 6 fully saturated rings. The van der Waals surface area contributed by atoms with Gasteiger partial charge in [0.2, 0.25) is 0 Å². The van der Waals surface area contributed by atoms with Gasteiger partial charge in [-0.3, -0.25) is 0 Å². The van der Waals surface area contributed by atoms with Crippen LogP contribution in [0.5, 0.6) is 0 Å². The average Bonchev–Trinajstić information content (AvgIpc) is 3.25. The molecule has 0 spiro atoms. The summed E-state index contributed by atoms with van der Waals surface area (Å²) in [5.41, 5.74) is -0.436. The molecular weight excluding hydrogens is 594 g/mol. The molecule has 28 heavy (non-hydrogen) atoms. The van der Waals surface area contributed by atoms with Crippen LogP contribution in [0.15, 0.2) is 0 Å².